The van der Waals surface area contributed by atoms with Crippen LogP contribution in [0.4, 0.5) is 5.82 Å². The van der Waals surface area contributed by atoms with Crippen molar-refractivity contribution in [3.8, 4) is 0 Å². The van der Waals surface area contributed by atoms with Gasteiger partial charge < -0.3 is 20.1 Å². The van der Waals surface area contributed by atoms with E-state index in [0.717, 1.165) is 12.8 Å². The summed E-state index contributed by atoms with van der Waals surface area (Å²) in [6.07, 6.45) is 5.29. The molecule has 17 heavy (non-hydrogen) atoms. The van der Waals surface area contributed by atoms with E-state index in [1.807, 2.05) is 0 Å². The second-order valence-electron chi connectivity index (χ2n) is 4.73. The molecule has 0 aromatic carbocycles. The maximum absolute atomic E-state index is 11.9. The molecule has 1 aromatic rings. The Morgan fingerprint density at radius 3 is 2.94 bits per heavy atom. The van der Waals surface area contributed by atoms with Crippen LogP contribution in [0.1, 0.15) is 25.8 Å². The summed E-state index contributed by atoms with van der Waals surface area (Å²) in [6, 6.07) is 0.296. The van der Waals surface area contributed by atoms with Crippen LogP contribution in [-0.4, -0.2) is 38.5 Å². The molecule has 0 saturated heterocycles. The number of nitrogens with zero attached hydrogens (tertiary/aromatic N) is 2. The minimum absolute atomic E-state index is 0.0837. The van der Waals surface area contributed by atoms with Crippen molar-refractivity contribution < 1.29 is 10.2 Å². The van der Waals surface area contributed by atoms with Crippen molar-refractivity contribution in [3.05, 3.63) is 22.7 Å². The molecule has 0 bridgehead atoms. The van der Waals surface area contributed by atoms with Gasteiger partial charge >= 0.3 is 0 Å². The Morgan fingerprint density at radius 1 is 1.65 bits per heavy atom. The maximum atomic E-state index is 11.9. The van der Waals surface area contributed by atoms with Crippen molar-refractivity contribution >= 4 is 5.82 Å². The molecule has 94 valence electrons. The van der Waals surface area contributed by atoms with Crippen molar-refractivity contribution in [2.75, 3.05) is 18.5 Å². The Bertz CT molecular complexity index is 452. The van der Waals surface area contributed by atoms with Gasteiger partial charge in [0, 0.05) is 25.0 Å². The highest BCUT2D eigenvalue weighted by Gasteiger charge is 2.26. The monoisotopic (exact) mass is 239 g/mol. The fourth-order valence-electron chi connectivity index (χ4n) is 1.52. The van der Waals surface area contributed by atoms with Crippen molar-refractivity contribution in [1.29, 1.82) is 0 Å². The van der Waals surface area contributed by atoms with E-state index < -0.39 is 5.60 Å². The molecular formula is C11H17N3O3. The van der Waals surface area contributed by atoms with Crippen LogP contribution < -0.4 is 10.9 Å². The van der Waals surface area contributed by atoms with Crippen LogP contribution in [0.2, 0.25) is 0 Å². The number of aliphatic hydroxyl groups excluding tert-OH is 1. The first-order valence-corrected chi connectivity index (χ1v) is 5.68. The summed E-state index contributed by atoms with van der Waals surface area (Å²) < 4.78 is 1.66. The summed E-state index contributed by atoms with van der Waals surface area (Å²) >= 11 is 0. The number of aliphatic hydroxyl groups is 2. The van der Waals surface area contributed by atoms with Crippen molar-refractivity contribution in [2.24, 2.45) is 0 Å². The first-order valence-electron chi connectivity index (χ1n) is 5.68. The third-order valence-electron chi connectivity index (χ3n) is 2.79. The van der Waals surface area contributed by atoms with E-state index in [-0.39, 0.29) is 24.5 Å². The highest BCUT2D eigenvalue weighted by molar-refractivity contribution is 5.31. The van der Waals surface area contributed by atoms with Crippen molar-refractivity contribution in [1.82, 2.24) is 9.55 Å². The van der Waals surface area contributed by atoms with Crippen LogP contribution in [0.5, 0.6) is 0 Å². The number of rotatable bonds is 5. The van der Waals surface area contributed by atoms with Gasteiger partial charge in [-0.15, -0.1) is 0 Å². The van der Waals surface area contributed by atoms with E-state index in [4.69, 9.17) is 5.11 Å². The maximum Gasteiger partial charge on any atom is 0.293 e. The molecule has 3 N–H and O–H groups in total. The molecule has 1 heterocycles. The largest absolute Gasteiger partial charge is 0.393 e. The van der Waals surface area contributed by atoms with E-state index >= 15 is 0 Å². The second kappa shape index (κ2) is 4.46. The van der Waals surface area contributed by atoms with Gasteiger partial charge in [-0.1, -0.05) is 0 Å². The molecule has 6 nitrogen and oxygen atoms in total. The molecule has 1 saturated carbocycles. The Balaban J connectivity index is 2.11. The smallest absolute Gasteiger partial charge is 0.293 e. The molecule has 1 aliphatic rings. The lowest BCUT2D eigenvalue weighted by molar-refractivity contribution is 0.0131. The van der Waals surface area contributed by atoms with Crippen LogP contribution >= 0.6 is 0 Å². The molecule has 1 aliphatic carbocycles. The van der Waals surface area contributed by atoms with E-state index in [9.17, 15) is 9.90 Å². The summed E-state index contributed by atoms with van der Waals surface area (Å²) in [6.45, 7) is 1.20. The van der Waals surface area contributed by atoms with E-state index in [1.54, 1.807) is 17.0 Å². The topological polar surface area (TPSA) is 87.4 Å². The molecule has 1 fully saturated rings. The number of aromatic nitrogens is 2. The fraction of sp³-hybridized carbons (Fsp3) is 0.636. The van der Waals surface area contributed by atoms with Crippen LogP contribution in [-0.2, 0) is 0 Å². The third kappa shape index (κ3) is 2.83. The van der Waals surface area contributed by atoms with Gasteiger partial charge in [0.05, 0.1) is 6.61 Å². The zero-order valence-electron chi connectivity index (χ0n) is 9.76. The van der Waals surface area contributed by atoms with Crippen LogP contribution in [0, 0.1) is 0 Å². The predicted octanol–water partition coefficient (Wildman–Crippen LogP) is -0.267. The third-order valence-corrected chi connectivity index (χ3v) is 2.79. The molecule has 2 rings (SSSR count). The molecular weight excluding hydrogens is 222 g/mol. The first-order chi connectivity index (χ1) is 8.03. The van der Waals surface area contributed by atoms with Crippen LogP contribution in [0.25, 0.3) is 0 Å². The normalized spacial score (nSPS) is 18.8. The zero-order valence-corrected chi connectivity index (χ0v) is 9.76. The standard InChI is InChI=1S/C11H17N3O3/c1-11(17,7-15)6-13-9-10(16)14(5-4-12-9)8-2-3-8/h4-5,8,15,17H,2-3,6-7H2,1H3,(H,12,13). The summed E-state index contributed by atoms with van der Waals surface area (Å²) in [5.41, 5.74) is -1.43. The minimum Gasteiger partial charge on any atom is -0.393 e. The summed E-state index contributed by atoms with van der Waals surface area (Å²) in [5.74, 6) is 0.216. The lowest BCUT2D eigenvalue weighted by Crippen LogP contribution is -2.39. The van der Waals surface area contributed by atoms with E-state index in [1.165, 1.54) is 6.92 Å². The average Bonchev–Trinajstić information content (AvgIpc) is 3.12. The van der Waals surface area contributed by atoms with Crippen molar-refractivity contribution in [3.63, 3.8) is 0 Å². The molecule has 0 amide bonds. The van der Waals surface area contributed by atoms with Gasteiger partial charge in [0.1, 0.15) is 5.60 Å². The molecule has 6 heteroatoms. The highest BCUT2D eigenvalue weighted by Crippen LogP contribution is 2.33. The lowest BCUT2D eigenvalue weighted by atomic mass is 10.1. The number of anilines is 1. The number of nitrogens with one attached hydrogen (secondary N) is 1. The highest BCUT2D eigenvalue weighted by atomic mass is 16.3. The van der Waals surface area contributed by atoms with Gasteiger partial charge in [-0.2, -0.15) is 0 Å². The lowest BCUT2D eigenvalue weighted by Gasteiger charge is -2.20. The van der Waals surface area contributed by atoms with E-state index in [0.29, 0.717) is 6.04 Å². The van der Waals surface area contributed by atoms with Gasteiger partial charge in [0.15, 0.2) is 5.82 Å². The summed E-state index contributed by atoms with van der Waals surface area (Å²) in [5, 5.41) is 21.3. The van der Waals surface area contributed by atoms with Gasteiger partial charge in [-0.3, -0.25) is 4.79 Å². The Labute approximate surface area is 98.9 Å². The SMILES string of the molecule is CC(O)(CO)CNc1nccn(C2CC2)c1=O. The molecule has 0 aliphatic heterocycles. The minimum atomic E-state index is -1.26. The fourth-order valence-corrected chi connectivity index (χ4v) is 1.52. The quantitative estimate of drug-likeness (QED) is 0.658. The Morgan fingerprint density at radius 2 is 2.35 bits per heavy atom. The molecule has 0 spiro atoms. The van der Waals surface area contributed by atoms with Crippen LogP contribution in [0.15, 0.2) is 17.2 Å². The molecule has 0 radical (unpaired) electrons. The van der Waals surface area contributed by atoms with E-state index in [2.05, 4.69) is 10.3 Å². The van der Waals surface area contributed by atoms with Crippen LogP contribution in [0.3, 0.4) is 0 Å². The van der Waals surface area contributed by atoms with Gasteiger partial charge in [-0.25, -0.2) is 4.98 Å². The summed E-state index contributed by atoms with van der Waals surface area (Å²) in [7, 11) is 0. The number of hydrogen-bond acceptors (Lipinski definition) is 5. The molecule has 1 unspecified atom stereocenters. The predicted molar refractivity (Wildman–Crippen MR) is 63.0 cm³/mol. The Kier molecular flexibility index (Phi) is 3.17. The first kappa shape index (κ1) is 12.1. The molecule has 1 aromatic heterocycles. The van der Waals surface area contributed by atoms with Gasteiger partial charge in [0.2, 0.25) is 0 Å². The molecule has 1 atom stereocenters. The second-order valence-corrected chi connectivity index (χ2v) is 4.73. The van der Waals surface area contributed by atoms with Gasteiger partial charge in [-0.05, 0) is 19.8 Å². The zero-order chi connectivity index (χ0) is 12.5. The van der Waals surface area contributed by atoms with Crippen molar-refractivity contribution in [2.45, 2.75) is 31.4 Å². The summed E-state index contributed by atoms with van der Waals surface area (Å²) in [4.78, 5) is 15.9. The van der Waals surface area contributed by atoms with Gasteiger partial charge in [0.25, 0.3) is 5.56 Å². The number of hydrogen-bond donors (Lipinski definition) is 3. The Hall–Kier alpha value is -1.40. The average molecular weight is 239 g/mol.